The Hall–Kier alpha value is -3.23. The number of anilines is 1. The number of hydrogen-bond donors (Lipinski definition) is 1. The van der Waals surface area contributed by atoms with Crippen molar-refractivity contribution in [2.24, 2.45) is 5.92 Å². The summed E-state index contributed by atoms with van der Waals surface area (Å²) in [6, 6.07) is 18.0. The summed E-state index contributed by atoms with van der Waals surface area (Å²) < 4.78 is 13.2. The zero-order valence-electron chi connectivity index (χ0n) is 22.7. The van der Waals surface area contributed by atoms with E-state index < -0.39 is 5.92 Å². The van der Waals surface area contributed by atoms with E-state index in [2.05, 4.69) is 29.0 Å². The molecule has 8 heteroatoms. The number of carbonyl (C=O) groups excluding carboxylic acids is 2. The molecule has 0 aliphatic carbocycles. The standard InChI is InChI=1S/C31H37FN4O2S/c1-22(2)21-36-29(27-9-5-20-39-27)28(25-7-3-4-8-26(25)31(36)38)30(37)33-14-6-15-34-16-18-35(19-17-34)24-12-10-23(32)11-13-24/h3-5,7-13,20,22,28-29H,6,14-19,21H2,1-2H3,(H,33,37)/t28-,29+/m1/s1. The second-order valence-electron chi connectivity index (χ2n) is 10.8. The molecule has 206 valence electrons. The van der Waals surface area contributed by atoms with Gasteiger partial charge in [0.05, 0.1) is 12.0 Å². The van der Waals surface area contributed by atoms with Crippen molar-refractivity contribution < 1.29 is 14.0 Å². The number of nitrogens with zero attached hydrogens (tertiary/aromatic N) is 3. The van der Waals surface area contributed by atoms with Gasteiger partial charge in [0, 0.05) is 55.4 Å². The second kappa shape index (κ2) is 12.3. The van der Waals surface area contributed by atoms with Crippen LogP contribution in [0.3, 0.4) is 0 Å². The van der Waals surface area contributed by atoms with Crippen molar-refractivity contribution in [2.75, 3.05) is 50.7 Å². The van der Waals surface area contributed by atoms with Crippen molar-refractivity contribution >= 4 is 28.8 Å². The first-order valence-corrected chi connectivity index (χ1v) is 14.7. The van der Waals surface area contributed by atoms with Crippen molar-refractivity contribution in [3.63, 3.8) is 0 Å². The topological polar surface area (TPSA) is 55.9 Å². The monoisotopic (exact) mass is 548 g/mol. The Morgan fingerprint density at radius 3 is 2.46 bits per heavy atom. The van der Waals surface area contributed by atoms with Gasteiger partial charge < -0.3 is 15.1 Å². The molecule has 1 fully saturated rings. The fourth-order valence-electron chi connectivity index (χ4n) is 5.75. The quantitative estimate of drug-likeness (QED) is 0.376. The number of halogens is 1. The molecule has 3 heterocycles. The number of carbonyl (C=O) groups is 2. The molecule has 1 aromatic heterocycles. The molecule has 0 saturated carbocycles. The van der Waals surface area contributed by atoms with E-state index >= 15 is 0 Å². The molecule has 0 unspecified atom stereocenters. The minimum Gasteiger partial charge on any atom is -0.369 e. The number of hydrogen-bond acceptors (Lipinski definition) is 5. The minimum absolute atomic E-state index is 0.00142. The third-order valence-electron chi connectivity index (χ3n) is 7.63. The maximum atomic E-state index is 13.8. The number of benzene rings is 2. The molecule has 1 N–H and O–H groups in total. The fraction of sp³-hybridized carbons (Fsp3) is 0.419. The molecule has 39 heavy (non-hydrogen) atoms. The Labute approximate surface area is 234 Å². The van der Waals surface area contributed by atoms with Gasteiger partial charge in [-0.15, -0.1) is 11.3 Å². The molecule has 2 aliphatic rings. The van der Waals surface area contributed by atoms with Crippen molar-refractivity contribution in [2.45, 2.75) is 32.2 Å². The summed E-state index contributed by atoms with van der Waals surface area (Å²) in [5.41, 5.74) is 2.50. The van der Waals surface area contributed by atoms with Gasteiger partial charge in [0.2, 0.25) is 5.91 Å². The Morgan fingerprint density at radius 1 is 1.03 bits per heavy atom. The van der Waals surface area contributed by atoms with Gasteiger partial charge in [0.25, 0.3) is 5.91 Å². The van der Waals surface area contributed by atoms with Gasteiger partial charge in [-0.05, 0) is 66.2 Å². The Kier molecular flexibility index (Phi) is 8.63. The highest BCUT2D eigenvalue weighted by atomic mass is 32.1. The fourth-order valence-corrected chi connectivity index (χ4v) is 6.63. The molecule has 0 spiro atoms. The average molecular weight is 549 g/mol. The van der Waals surface area contributed by atoms with Crippen molar-refractivity contribution in [3.05, 3.63) is 87.9 Å². The normalized spacial score (nSPS) is 19.8. The molecule has 6 nitrogen and oxygen atoms in total. The van der Waals surface area contributed by atoms with Crippen LogP contribution in [0.25, 0.3) is 0 Å². The molecule has 0 bridgehead atoms. The summed E-state index contributed by atoms with van der Waals surface area (Å²) >= 11 is 1.60. The summed E-state index contributed by atoms with van der Waals surface area (Å²) in [5.74, 6) is -0.397. The van der Waals surface area contributed by atoms with E-state index in [1.54, 1.807) is 11.3 Å². The highest BCUT2D eigenvalue weighted by Gasteiger charge is 2.44. The third kappa shape index (κ3) is 6.17. The lowest BCUT2D eigenvalue weighted by molar-refractivity contribution is -0.124. The van der Waals surface area contributed by atoms with Crippen LogP contribution in [0.15, 0.2) is 66.0 Å². The van der Waals surface area contributed by atoms with Crippen molar-refractivity contribution in [1.82, 2.24) is 15.1 Å². The number of amides is 2. The second-order valence-corrected chi connectivity index (χ2v) is 11.8. The molecule has 1 saturated heterocycles. The van der Waals surface area contributed by atoms with E-state index in [1.807, 2.05) is 58.8 Å². The highest BCUT2D eigenvalue weighted by molar-refractivity contribution is 7.10. The smallest absolute Gasteiger partial charge is 0.254 e. The van der Waals surface area contributed by atoms with Crippen LogP contribution in [-0.2, 0) is 4.79 Å². The van der Waals surface area contributed by atoms with Crippen LogP contribution >= 0.6 is 11.3 Å². The number of thiophene rings is 1. The van der Waals surface area contributed by atoms with E-state index in [9.17, 15) is 14.0 Å². The van der Waals surface area contributed by atoms with E-state index in [-0.39, 0.29) is 29.6 Å². The first-order chi connectivity index (χ1) is 18.9. The summed E-state index contributed by atoms with van der Waals surface area (Å²) in [7, 11) is 0. The lowest BCUT2D eigenvalue weighted by Crippen LogP contribution is -2.49. The zero-order chi connectivity index (χ0) is 27.4. The number of piperazine rings is 1. The number of rotatable bonds is 9. The lowest BCUT2D eigenvalue weighted by Gasteiger charge is -2.42. The van der Waals surface area contributed by atoms with Crippen LogP contribution in [0.5, 0.6) is 0 Å². The SMILES string of the molecule is CC(C)CN1C(=O)c2ccccc2[C@@H](C(=O)NCCCN2CCN(c3ccc(F)cc3)CC2)[C@@H]1c1cccs1. The molecule has 3 aromatic rings. The Morgan fingerprint density at radius 2 is 1.77 bits per heavy atom. The van der Waals surface area contributed by atoms with Crippen LogP contribution < -0.4 is 10.2 Å². The van der Waals surface area contributed by atoms with Gasteiger partial charge in [0.15, 0.2) is 0 Å². The summed E-state index contributed by atoms with van der Waals surface area (Å²) in [4.78, 5) is 35.0. The summed E-state index contributed by atoms with van der Waals surface area (Å²) in [5, 5.41) is 5.22. The van der Waals surface area contributed by atoms with Gasteiger partial charge in [-0.25, -0.2) is 4.39 Å². The van der Waals surface area contributed by atoms with Crippen LogP contribution in [-0.4, -0.2) is 67.4 Å². The van der Waals surface area contributed by atoms with Gasteiger partial charge >= 0.3 is 0 Å². The number of fused-ring (bicyclic) bond motifs is 1. The highest BCUT2D eigenvalue weighted by Crippen LogP contribution is 2.44. The van der Waals surface area contributed by atoms with Gasteiger partial charge in [-0.3, -0.25) is 14.5 Å². The summed E-state index contributed by atoms with van der Waals surface area (Å²) in [6.07, 6.45) is 0.856. The van der Waals surface area contributed by atoms with Crippen LogP contribution in [0.2, 0.25) is 0 Å². The third-order valence-corrected chi connectivity index (χ3v) is 8.58. The van der Waals surface area contributed by atoms with Crippen molar-refractivity contribution in [3.8, 4) is 0 Å². The molecule has 2 atom stereocenters. The van der Waals surface area contributed by atoms with Crippen LogP contribution in [0.4, 0.5) is 10.1 Å². The van der Waals surface area contributed by atoms with Gasteiger partial charge in [-0.2, -0.15) is 0 Å². The Bertz CT molecular complexity index is 1260. The van der Waals surface area contributed by atoms with Crippen molar-refractivity contribution in [1.29, 1.82) is 0 Å². The largest absolute Gasteiger partial charge is 0.369 e. The number of nitrogens with one attached hydrogen (secondary N) is 1. The molecule has 5 rings (SSSR count). The molecule has 2 amide bonds. The molecular formula is C31H37FN4O2S. The first kappa shape index (κ1) is 27.3. The zero-order valence-corrected chi connectivity index (χ0v) is 23.5. The predicted octanol–water partition coefficient (Wildman–Crippen LogP) is 5.15. The lowest BCUT2D eigenvalue weighted by atomic mass is 9.81. The maximum Gasteiger partial charge on any atom is 0.254 e. The van der Waals surface area contributed by atoms with Crippen LogP contribution in [0, 0.1) is 11.7 Å². The van der Waals surface area contributed by atoms with E-state index in [4.69, 9.17) is 0 Å². The predicted molar refractivity (Wildman–Crippen MR) is 155 cm³/mol. The average Bonchev–Trinajstić information content (AvgIpc) is 3.48. The molecule has 2 aliphatic heterocycles. The van der Waals surface area contributed by atoms with E-state index in [0.717, 1.165) is 55.3 Å². The summed E-state index contributed by atoms with van der Waals surface area (Å²) in [6.45, 7) is 9.99. The maximum absolute atomic E-state index is 13.8. The minimum atomic E-state index is -0.449. The molecule has 2 aromatic carbocycles. The first-order valence-electron chi connectivity index (χ1n) is 13.9. The van der Waals surface area contributed by atoms with E-state index in [1.165, 1.54) is 12.1 Å². The van der Waals surface area contributed by atoms with Gasteiger partial charge in [-0.1, -0.05) is 38.1 Å². The molecule has 0 radical (unpaired) electrons. The molecular weight excluding hydrogens is 511 g/mol. The van der Waals surface area contributed by atoms with E-state index in [0.29, 0.717) is 18.7 Å². The van der Waals surface area contributed by atoms with Crippen LogP contribution in [0.1, 0.15) is 53.0 Å². The van der Waals surface area contributed by atoms with Gasteiger partial charge in [0.1, 0.15) is 5.82 Å². The Balaban J connectivity index is 1.21.